The number of carboxylic acids is 1. The summed E-state index contributed by atoms with van der Waals surface area (Å²) in [6, 6.07) is 3.81. The van der Waals surface area contributed by atoms with Crippen molar-refractivity contribution >= 4 is 28.4 Å². The number of likely N-dealkylation sites (N-methyl/N-ethyl adjacent to an activating group) is 1. The summed E-state index contributed by atoms with van der Waals surface area (Å²) < 4.78 is 16.5. The molecule has 38 heavy (non-hydrogen) atoms. The number of aromatic nitrogens is 1. The van der Waals surface area contributed by atoms with Gasteiger partial charge in [0.05, 0.1) is 27.0 Å². The first-order valence-corrected chi connectivity index (χ1v) is 13.0. The van der Waals surface area contributed by atoms with E-state index in [9.17, 15) is 9.90 Å². The number of piperazine rings is 1. The lowest BCUT2D eigenvalue weighted by atomic mass is 10.1. The Labute approximate surface area is 226 Å². The maximum atomic E-state index is 11.5. The first kappa shape index (κ1) is 27.5. The molecule has 4 N–H and O–H groups in total. The normalized spacial score (nSPS) is 19.8. The fourth-order valence-corrected chi connectivity index (χ4v) is 5.14. The number of aromatic carboxylic acids is 1. The highest BCUT2D eigenvalue weighted by molar-refractivity contribution is 7.17. The number of carboxylic acid groups (broad SMARTS) is 1. The lowest BCUT2D eigenvalue weighted by molar-refractivity contribution is 0.0701. The molecule has 12 nitrogen and oxygen atoms in total. The summed E-state index contributed by atoms with van der Waals surface area (Å²) >= 11 is 1.08. The second-order valence-corrected chi connectivity index (χ2v) is 10.3. The molecule has 0 spiro atoms. The van der Waals surface area contributed by atoms with Crippen LogP contribution in [0, 0.1) is 6.92 Å². The Bertz CT molecular complexity index is 1210. The number of guanidine groups is 1. The highest BCUT2D eigenvalue weighted by atomic mass is 32.1. The van der Waals surface area contributed by atoms with Crippen molar-refractivity contribution in [3.8, 4) is 17.2 Å². The number of nitrogens with zero attached hydrogens (tertiary/aromatic N) is 4. The first-order chi connectivity index (χ1) is 18.1. The zero-order chi connectivity index (χ0) is 27.4. The van der Waals surface area contributed by atoms with Crippen LogP contribution >= 0.6 is 11.3 Å². The third kappa shape index (κ3) is 6.11. The number of nitrogens with one attached hydrogen (secondary N) is 3. The predicted molar refractivity (Wildman–Crippen MR) is 146 cm³/mol. The maximum absolute atomic E-state index is 11.5. The largest absolute Gasteiger partial charge is 0.493 e. The number of methoxy groups -OCH3 is 3. The number of anilines is 1. The van der Waals surface area contributed by atoms with Crippen molar-refractivity contribution in [1.82, 2.24) is 25.4 Å². The molecule has 0 bridgehead atoms. The van der Waals surface area contributed by atoms with Crippen LogP contribution in [0.1, 0.15) is 27.9 Å². The molecule has 0 saturated carbocycles. The number of hydrogen-bond donors (Lipinski definition) is 4. The van der Waals surface area contributed by atoms with E-state index in [4.69, 9.17) is 19.2 Å². The summed E-state index contributed by atoms with van der Waals surface area (Å²) in [5, 5.41) is 20.1. The van der Waals surface area contributed by atoms with Crippen LogP contribution in [0.2, 0.25) is 0 Å². The standard InChI is InChI=1S/C25H35N7O5S/c1-15-21(22(33)34)38-24(27-15)29-23-28-19(32-9-7-31(3)8-10-32)13-25(2,30-23)26-14-16-11-17(35-4)20(37-6)18(12-16)36-5/h11-13,26H,7-10,14H2,1-6H3,(H,33,34)(H2,27,28,29,30). The summed E-state index contributed by atoms with van der Waals surface area (Å²) in [5.41, 5.74) is 0.709. The van der Waals surface area contributed by atoms with Gasteiger partial charge in [0.15, 0.2) is 16.6 Å². The molecule has 1 aromatic heterocycles. The number of benzene rings is 1. The first-order valence-electron chi connectivity index (χ1n) is 12.2. The van der Waals surface area contributed by atoms with Crippen LogP contribution in [0.4, 0.5) is 5.13 Å². The molecular formula is C25H35N7O5S. The van der Waals surface area contributed by atoms with Crippen molar-refractivity contribution in [2.75, 3.05) is 59.9 Å². The quantitative estimate of drug-likeness (QED) is 0.369. The second kappa shape index (κ2) is 11.5. The van der Waals surface area contributed by atoms with Gasteiger partial charge in [0.1, 0.15) is 16.4 Å². The Morgan fingerprint density at radius 3 is 2.37 bits per heavy atom. The lowest BCUT2D eigenvalue weighted by Crippen LogP contribution is -2.59. The van der Waals surface area contributed by atoms with E-state index in [0.29, 0.717) is 40.6 Å². The van der Waals surface area contributed by atoms with Gasteiger partial charge in [-0.1, -0.05) is 11.3 Å². The number of rotatable bonds is 9. The number of aliphatic imine (C=N–C) groups is 1. The molecule has 2 aliphatic rings. The molecule has 2 aliphatic heterocycles. The van der Waals surface area contributed by atoms with Crippen molar-refractivity contribution in [3.05, 3.63) is 40.2 Å². The highest BCUT2D eigenvalue weighted by Gasteiger charge is 2.31. The van der Waals surface area contributed by atoms with Gasteiger partial charge in [-0.2, -0.15) is 4.99 Å². The number of aryl methyl sites for hydroxylation is 1. The van der Waals surface area contributed by atoms with Gasteiger partial charge in [-0.25, -0.2) is 9.78 Å². The maximum Gasteiger partial charge on any atom is 0.347 e. The summed E-state index contributed by atoms with van der Waals surface area (Å²) in [5.74, 6) is 2.00. The summed E-state index contributed by atoms with van der Waals surface area (Å²) in [6.07, 6.45) is 2.07. The molecule has 1 saturated heterocycles. The molecule has 0 amide bonds. The van der Waals surface area contributed by atoms with Gasteiger partial charge in [0.25, 0.3) is 0 Å². The van der Waals surface area contributed by atoms with Crippen molar-refractivity contribution in [1.29, 1.82) is 0 Å². The minimum Gasteiger partial charge on any atom is -0.493 e. The van der Waals surface area contributed by atoms with E-state index in [2.05, 4.69) is 43.9 Å². The van der Waals surface area contributed by atoms with E-state index in [1.807, 2.05) is 19.1 Å². The van der Waals surface area contributed by atoms with Gasteiger partial charge >= 0.3 is 5.97 Å². The van der Waals surface area contributed by atoms with E-state index in [0.717, 1.165) is 48.9 Å². The van der Waals surface area contributed by atoms with Crippen LogP contribution < -0.4 is 30.2 Å². The van der Waals surface area contributed by atoms with E-state index in [-0.39, 0.29) is 4.88 Å². The number of thiazole rings is 1. The molecule has 1 aromatic carbocycles. The third-order valence-corrected chi connectivity index (χ3v) is 7.51. The van der Waals surface area contributed by atoms with Crippen molar-refractivity contribution in [3.63, 3.8) is 0 Å². The Kier molecular flexibility index (Phi) is 8.29. The Morgan fingerprint density at radius 2 is 1.82 bits per heavy atom. The fraction of sp³-hybridized carbons (Fsp3) is 0.480. The smallest absolute Gasteiger partial charge is 0.347 e. The summed E-state index contributed by atoms with van der Waals surface area (Å²) in [6.45, 7) is 7.76. The van der Waals surface area contributed by atoms with E-state index in [1.165, 1.54) is 0 Å². The molecule has 206 valence electrons. The molecular weight excluding hydrogens is 510 g/mol. The Morgan fingerprint density at radius 1 is 1.16 bits per heavy atom. The number of ether oxygens (including phenoxy) is 3. The molecule has 2 aromatic rings. The third-order valence-electron chi connectivity index (χ3n) is 6.45. The van der Waals surface area contributed by atoms with Crippen molar-refractivity contribution in [2.45, 2.75) is 26.1 Å². The molecule has 4 rings (SSSR count). The molecule has 0 radical (unpaired) electrons. The van der Waals surface area contributed by atoms with E-state index < -0.39 is 11.6 Å². The average Bonchev–Trinajstić information content (AvgIpc) is 3.26. The zero-order valence-electron chi connectivity index (χ0n) is 22.5. The predicted octanol–water partition coefficient (Wildman–Crippen LogP) is 2.14. The minimum absolute atomic E-state index is 0.196. The van der Waals surface area contributed by atoms with Gasteiger partial charge in [-0.05, 0) is 44.7 Å². The SMILES string of the molecule is COc1cc(CNC2(C)C=C(N3CCN(C)CC3)N=C(Nc3nc(C)c(C(=O)O)s3)N2)cc(OC)c1OC. The van der Waals surface area contributed by atoms with E-state index >= 15 is 0 Å². The van der Waals surface area contributed by atoms with Crippen LogP contribution in [0.25, 0.3) is 0 Å². The zero-order valence-corrected chi connectivity index (χ0v) is 23.4. The van der Waals surface area contributed by atoms with Gasteiger partial charge in [-0.15, -0.1) is 0 Å². The average molecular weight is 546 g/mol. The summed E-state index contributed by atoms with van der Waals surface area (Å²) in [4.78, 5) is 25.4. The molecule has 3 heterocycles. The summed E-state index contributed by atoms with van der Waals surface area (Å²) in [7, 11) is 6.87. The van der Waals surface area contributed by atoms with E-state index in [1.54, 1.807) is 28.3 Å². The highest BCUT2D eigenvalue weighted by Crippen LogP contribution is 2.38. The van der Waals surface area contributed by atoms with Gasteiger partial charge in [0.2, 0.25) is 11.7 Å². The van der Waals surface area contributed by atoms with Crippen LogP contribution in [0.15, 0.2) is 29.0 Å². The number of carbonyl (C=O) groups is 1. The Hall–Kier alpha value is -3.55. The van der Waals surface area contributed by atoms with Crippen molar-refractivity contribution in [2.24, 2.45) is 4.99 Å². The van der Waals surface area contributed by atoms with Crippen molar-refractivity contribution < 1.29 is 24.1 Å². The molecule has 1 atom stereocenters. The fourth-order valence-electron chi connectivity index (χ4n) is 4.34. The minimum atomic E-state index is -0.999. The van der Waals surface area contributed by atoms with Gasteiger partial charge in [0, 0.05) is 32.7 Å². The molecule has 1 unspecified atom stereocenters. The molecule has 13 heteroatoms. The van der Waals surface area contributed by atoms with Gasteiger partial charge in [-0.3, -0.25) is 5.32 Å². The molecule has 0 aliphatic carbocycles. The van der Waals surface area contributed by atoms with Gasteiger partial charge < -0.3 is 39.8 Å². The lowest BCUT2D eigenvalue weighted by Gasteiger charge is -2.39. The van der Waals surface area contributed by atoms with Crippen LogP contribution in [0.5, 0.6) is 17.2 Å². The van der Waals surface area contributed by atoms with Crippen LogP contribution in [-0.4, -0.2) is 92.0 Å². The van der Waals surface area contributed by atoms with Crippen LogP contribution in [0.3, 0.4) is 0 Å². The number of hydrogen-bond acceptors (Lipinski definition) is 12. The topological polar surface area (TPSA) is 133 Å². The monoisotopic (exact) mass is 545 g/mol. The molecule has 1 fully saturated rings. The second-order valence-electron chi connectivity index (χ2n) is 9.33. The Balaban J connectivity index is 1.59. The van der Waals surface area contributed by atoms with Crippen LogP contribution in [-0.2, 0) is 6.54 Å².